The van der Waals surface area contributed by atoms with E-state index in [1.165, 1.54) is 0 Å². The lowest BCUT2D eigenvalue weighted by atomic mass is 10.1. The zero-order chi connectivity index (χ0) is 17.1. The highest BCUT2D eigenvalue weighted by atomic mass is 16.7. The Morgan fingerprint density at radius 1 is 1.08 bits per heavy atom. The van der Waals surface area contributed by atoms with Crippen molar-refractivity contribution in [3.05, 3.63) is 77.6 Å². The monoisotopic (exact) mass is 335 g/mol. The molecular formula is C19H17N3O3. The number of aromatic nitrogens is 2. The van der Waals surface area contributed by atoms with E-state index in [0.717, 1.165) is 11.1 Å². The molecule has 6 nitrogen and oxygen atoms in total. The van der Waals surface area contributed by atoms with E-state index in [4.69, 9.17) is 9.47 Å². The smallest absolute Gasteiger partial charge is 0.251 e. The van der Waals surface area contributed by atoms with Crippen LogP contribution in [0.3, 0.4) is 0 Å². The number of hydrogen-bond donors (Lipinski definition) is 1. The first-order valence-corrected chi connectivity index (χ1v) is 8.02. The van der Waals surface area contributed by atoms with Crippen molar-refractivity contribution in [3.8, 4) is 11.5 Å². The van der Waals surface area contributed by atoms with Gasteiger partial charge in [-0.25, -0.2) is 0 Å². The third-order valence-corrected chi connectivity index (χ3v) is 4.08. The van der Waals surface area contributed by atoms with Gasteiger partial charge in [0, 0.05) is 24.5 Å². The molecule has 2 aromatic carbocycles. The van der Waals surface area contributed by atoms with Crippen molar-refractivity contribution in [1.82, 2.24) is 15.1 Å². The Labute approximate surface area is 145 Å². The summed E-state index contributed by atoms with van der Waals surface area (Å²) in [5, 5.41) is 7.19. The minimum Gasteiger partial charge on any atom is -0.454 e. The van der Waals surface area contributed by atoms with Crippen molar-refractivity contribution >= 4 is 5.91 Å². The maximum Gasteiger partial charge on any atom is 0.251 e. The van der Waals surface area contributed by atoms with E-state index in [9.17, 15) is 4.79 Å². The molecule has 1 N–H and O–H groups in total. The van der Waals surface area contributed by atoms with E-state index in [0.29, 0.717) is 30.2 Å². The molecule has 0 spiro atoms. The number of nitrogens with zero attached hydrogens (tertiary/aromatic N) is 2. The Hall–Kier alpha value is -3.28. The van der Waals surface area contributed by atoms with Crippen molar-refractivity contribution in [2.75, 3.05) is 6.79 Å². The van der Waals surface area contributed by atoms with Crippen LogP contribution in [0, 0.1) is 0 Å². The Morgan fingerprint density at radius 2 is 1.92 bits per heavy atom. The lowest BCUT2D eigenvalue weighted by molar-refractivity contribution is 0.0950. The summed E-state index contributed by atoms with van der Waals surface area (Å²) in [4.78, 5) is 12.4. The van der Waals surface area contributed by atoms with Crippen LogP contribution in [0.5, 0.6) is 11.5 Å². The molecule has 4 rings (SSSR count). The molecule has 3 aromatic rings. The van der Waals surface area contributed by atoms with Crippen molar-refractivity contribution in [2.45, 2.75) is 13.1 Å². The molecule has 0 saturated heterocycles. The minimum atomic E-state index is -0.146. The van der Waals surface area contributed by atoms with Gasteiger partial charge in [0.2, 0.25) is 6.79 Å². The van der Waals surface area contributed by atoms with Gasteiger partial charge in [-0.3, -0.25) is 9.48 Å². The van der Waals surface area contributed by atoms with Gasteiger partial charge in [0.25, 0.3) is 5.91 Å². The fourth-order valence-electron chi connectivity index (χ4n) is 2.77. The van der Waals surface area contributed by atoms with Gasteiger partial charge < -0.3 is 14.8 Å². The van der Waals surface area contributed by atoms with E-state index in [1.807, 2.05) is 41.2 Å². The maximum atomic E-state index is 12.4. The summed E-state index contributed by atoms with van der Waals surface area (Å²) in [7, 11) is 0. The Bertz CT molecular complexity index is 891. The molecule has 0 fully saturated rings. The van der Waals surface area contributed by atoms with Crippen LogP contribution in [0.2, 0.25) is 0 Å². The second-order valence-corrected chi connectivity index (χ2v) is 5.72. The highest BCUT2D eigenvalue weighted by Crippen LogP contribution is 2.32. The minimum absolute atomic E-state index is 0.146. The number of ether oxygens (including phenoxy) is 2. The molecule has 0 radical (unpaired) electrons. The third-order valence-electron chi connectivity index (χ3n) is 4.08. The first-order chi connectivity index (χ1) is 12.3. The van der Waals surface area contributed by atoms with Crippen LogP contribution in [0.4, 0.5) is 0 Å². The van der Waals surface area contributed by atoms with E-state index in [1.54, 1.807) is 24.4 Å². The summed E-state index contributed by atoms with van der Waals surface area (Å²) < 4.78 is 12.4. The molecule has 1 aromatic heterocycles. The number of benzene rings is 2. The van der Waals surface area contributed by atoms with Gasteiger partial charge in [0.1, 0.15) is 0 Å². The van der Waals surface area contributed by atoms with Crippen molar-refractivity contribution in [2.24, 2.45) is 0 Å². The zero-order valence-corrected chi connectivity index (χ0v) is 13.5. The number of nitrogens with one attached hydrogen (secondary N) is 1. The second-order valence-electron chi connectivity index (χ2n) is 5.72. The van der Waals surface area contributed by atoms with Crippen LogP contribution in [-0.4, -0.2) is 22.5 Å². The van der Waals surface area contributed by atoms with Gasteiger partial charge in [-0.2, -0.15) is 5.10 Å². The van der Waals surface area contributed by atoms with Crippen LogP contribution >= 0.6 is 0 Å². The predicted octanol–water partition coefficient (Wildman–Crippen LogP) is 2.59. The predicted molar refractivity (Wildman–Crippen MR) is 91.5 cm³/mol. The Kier molecular flexibility index (Phi) is 4.08. The molecule has 1 aliphatic heterocycles. The highest BCUT2D eigenvalue weighted by Gasteiger charge is 2.16. The summed E-state index contributed by atoms with van der Waals surface area (Å²) in [6.45, 7) is 1.31. The number of carbonyl (C=O) groups excluding carboxylic acids is 1. The summed E-state index contributed by atoms with van der Waals surface area (Å²) in [6.07, 6.45) is 3.67. The summed E-state index contributed by atoms with van der Waals surface area (Å²) >= 11 is 0. The number of fused-ring (bicyclic) bond motifs is 1. The fraction of sp³-hybridized carbons (Fsp3) is 0.158. The molecule has 25 heavy (non-hydrogen) atoms. The average Bonchev–Trinajstić information content (AvgIpc) is 3.31. The number of amides is 1. The fourth-order valence-corrected chi connectivity index (χ4v) is 2.77. The van der Waals surface area contributed by atoms with Crippen LogP contribution in [0.25, 0.3) is 0 Å². The van der Waals surface area contributed by atoms with Crippen LogP contribution in [0.1, 0.15) is 21.5 Å². The van der Waals surface area contributed by atoms with Gasteiger partial charge in [-0.15, -0.1) is 0 Å². The van der Waals surface area contributed by atoms with Crippen LogP contribution < -0.4 is 14.8 Å². The molecule has 6 heteroatoms. The highest BCUT2D eigenvalue weighted by molar-refractivity contribution is 5.94. The molecule has 0 saturated carbocycles. The van der Waals surface area contributed by atoms with Crippen molar-refractivity contribution in [1.29, 1.82) is 0 Å². The van der Waals surface area contributed by atoms with Crippen molar-refractivity contribution in [3.63, 3.8) is 0 Å². The van der Waals surface area contributed by atoms with E-state index < -0.39 is 0 Å². The van der Waals surface area contributed by atoms with Crippen molar-refractivity contribution < 1.29 is 14.3 Å². The summed E-state index contributed by atoms with van der Waals surface area (Å²) in [6, 6.07) is 15.1. The molecule has 2 heterocycles. The first kappa shape index (κ1) is 15.3. The van der Waals surface area contributed by atoms with Gasteiger partial charge in [0.15, 0.2) is 11.5 Å². The first-order valence-electron chi connectivity index (χ1n) is 8.02. The number of hydrogen-bond acceptors (Lipinski definition) is 4. The Morgan fingerprint density at radius 3 is 2.76 bits per heavy atom. The molecule has 0 atom stereocenters. The lowest BCUT2D eigenvalue weighted by Crippen LogP contribution is -2.23. The SMILES string of the molecule is O=C(NCc1ccccc1Cn1cccn1)c1ccc2c(c1)OCO2. The van der Waals surface area contributed by atoms with E-state index in [2.05, 4.69) is 10.4 Å². The lowest BCUT2D eigenvalue weighted by Gasteiger charge is -2.11. The average molecular weight is 335 g/mol. The molecule has 1 amide bonds. The largest absolute Gasteiger partial charge is 0.454 e. The molecule has 0 bridgehead atoms. The standard InChI is InChI=1S/C19H17N3O3/c23-19(14-6-7-17-18(10-14)25-13-24-17)20-11-15-4-1-2-5-16(15)12-22-9-3-8-21-22/h1-10H,11-13H2,(H,20,23). The third kappa shape index (κ3) is 3.33. The quantitative estimate of drug-likeness (QED) is 0.778. The molecule has 1 aliphatic rings. The van der Waals surface area contributed by atoms with E-state index >= 15 is 0 Å². The van der Waals surface area contributed by atoms with E-state index in [-0.39, 0.29) is 12.7 Å². The van der Waals surface area contributed by atoms with Crippen LogP contribution in [0.15, 0.2) is 60.9 Å². The molecule has 0 aliphatic carbocycles. The summed E-state index contributed by atoms with van der Waals surface area (Å²) in [5.74, 6) is 1.13. The van der Waals surface area contributed by atoms with Crippen LogP contribution in [-0.2, 0) is 13.1 Å². The summed E-state index contributed by atoms with van der Waals surface area (Å²) in [5.41, 5.74) is 2.73. The topological polar surface area (TPSA) is 65.4 Å². The van der Waals surface area contributed by atoms with Gasteiger partial charge in [-0.05, 0) is 35.4 Å². The van der Waals surface area contributed by atoms with Gasteiger partial charge in [0.05, 0.1) is 6.54 Å². The maximum absolute atomic E-state index is 12.4. The molecular weight excluding hydrogens is 318 g/mol. The molecule has 0 unspecified atom stereocenters. The number of carbonyl (C=O) groups is 1. The Balaban J connectivity index is 1.45. The normalized spacial score (nSPS) is 12.2. The second kappa shape index (κ2) is 6.68. The molecule has 126 valence electrons. The zero-order valence-electron chi connectivity index (χ0n) is 13.5. The van der Waals surface area contributed by atoms with Gasteiger partial charge in [-0.1, -0.05) is 24.3 Å². The number of rotatable bonds is 5. The van der Waals surface area contributed by atoms with Gasteiger partial charge >= 0.3 is 0 Å².